The number of imidazole rings is 1. The van der Waals surface area contributed by atoms with Crippen molar-refractivity contribution in [1.82, 2.24) is 19.5 Å². The Labute approximate surface area is 131 Å². The lowest BCUT2D eigenvalue weighted by molar-refractivity contribution is 0.187. The first-order chi connectivity index (χ1) is 11.2. The van der Waals surface area contributed by atoms with Gasteiger partial charge in [0.15, 0.2) is 0 Å². The maximum Gasteiger partial charge on any atom is 0.143 e. The molecule has 1 atom stereocenters. The van der Waals surface area contributed by atoms with Crippen molar-refractivity contribution in [2.24, 2.45) is 0 Å². The lowest BCUT2D eigenvalue weighted by Gasteiger charge is -2.11. The number of H-pyrrole nitrogens is 1. The number of aromatic nitrogens is 4. The van der Waals surface area contributed by atoms with Gasteiger partial charge in [-0.05, 0) is 37.3 Å². The quantitative estimate of drug-likeness (QED) is 0.595. The molecule has 0 bridgehead atoms. The van der Waals surface area contributed by atoms with Gasteiger partial charge in [-0.3, -0.25) is 4.57 Å². The summed E-state index contributed by atoms with van der Waals surface area (Å²) < 4.78 is 1.92. The zero-order valence-corrected chi connectivity index (χ0v) is 12.4. The maximum absolute atomic E-state index is 10.1. The van der Waals surface area contributed by atoms with E-state index < -0.39 is 6.10 Å². The minimum absolute atomic E-state index is 0.542. The van der Waals surface area contributed by atoms with Gasteiger partial charge in [0, 0.05) is 17.3 Å². The molecule has 6 nitrogen and oxygen atoms in total. The first kappa shape index (κ1) is 13.5. The molecule has 112 valence electrons. The topological polar surface area (TPSA) is 90.5 Å². The van der Waals surface area contributed by atoms with Gasteiger partial charge in [0.2, 0.25) is 0 Å². The Balaban J connectivity index is 2.11. The summed E-state index contributed by atoms with van der Waals surface area (Å²) in [6, 6.07) is 11.3. The third-order valence-electron chi connectivity index (χ3n) is 3.85. The van der Waals surface area contributed by atoms with Crippen molar-refractivity contribution in [3.63, 3.8) is 0 Å². The van der Waals surface area contributed by atoms with Crippen molar-refractivity contribution in [1.29, 1.82) is 5.26 Å². The highest BCUT2D eigenvalue weighted by atomic mass is 16.3. The average Bonchev–Trinajstić information content (AvgIpc) is 3.18. The number of pyridine rings is 1. The molecule has 0 fully saturated rings. The summed E-state index contributed by atoms with van der Waals surface area (Å²) in [6.07, 6.45) is 2.79. The van der Waals surface area contributed by atoms with Crippen molar-refractivity contribution in [2.75, 3.05) is 0 Å². The Kier molecular flexibility index (Phi) is 2.89. The van der Waals surface area contributed by atoms with Gasteiger partial charge in [-0.1, -0.05) is 0 Å². The van der Waals surface area contributed by atoms with E-state index in [4.69, 9.17) is 5.26 Å². The smallest absolute Gasteiger partial charge is 0.143 e. The lowest BCUT2D eigenvalue weighted by Crippen LogP contribution is -2.04. The molecule has 3 heterocycles. The minimum Gasteiger partial charge on any atom is -0.385 e. The largest absolute Gasteiger partial charge is 0.385 e. The molecule has 0 amide bonds. The summed E-state index contributed by atoms with van der Waals surface area (Å²) >= 11 is 0. The van der Waals surface area contributed by atoms with E-state index in [1.165, 1.54) is 0 Å². The van der Waals surface area contributed by atoms with E-state index in [2.05, 4.69) is 21.0 Å². The second-order valence-corrected chi connectivity index (χ2v) is 5.37. The van der Waals surface area contributed by atoms with E-state index in [0.29, 0.717) is 11.4 Å². The van der Waals surface area contributed by atoms with E-state index in [1.807, 2.05) is 29.0 Å². The molecule has 6 heteroatoms. The number of fused-ring (bicyclic) bond motifs is 3. The van der Waals surface area contributed by atoms with Gasteiger partial charge in [0.25, 0.3) is 0 Å². The average molecular weight is 303 g/mol. The van der Waals surface area contributed by atoms with Gasteiger partial charge in [-0.25, -0.2) is 9.97 Å². The molecular formula is C17H13N5O. The van der Waals surface area contributed by atoms with Crippen molar-refractivity contribution < 1.29 is 5.11 Å². The molecule has 4 rings (SSSR count). The third kappa shape index (κ3) is 1.99. The summed E-state index contributed by atoms with van der Waals surface area (Å²) in [5.41, 5.74) is 3.81. The molecule has 0 aliphatic rings. The fourth-order valence-electron chi connectivity index (χ4n) is 2.81. The molecule has 23 heavy (non-hydrogen) atoms. The SMILES string of the molecule is C[C@@H](O)c1nc2cnc3[nH]ccc3c2n1-c1ccc(C#N)cc1. The normalized spacial score (nSPS) is 12.6. The number of aromatic amines is 1. The van der Waals surface area contributed by atoms with Crippen molar-refractivity contribution in [3.8, 4) is 11.8 Å². The van der Waals surface area contributed by atoms with Crippen LogP contribution in [0.5, 0.6) is 0 Å². The van der Waals surface area contributed by atoms with Gasteiger partial charge in [0.05, 0.1) is 23.3 Å². The molecule has 1 aromatic carbocycles. The fraction of sp³-hybridized carbons (Fsp3) is 0.118. The molecular weight excluding hydrogens is 290 g/mol. The second kappa shape index (κ2) is 4.93. The van der Waals surface area contributed by atoms with E-state index in [-0.39, 0.29) is 0 Å². The number of hydrogen-bond acceptors (Lipinski definition) is 4. The number of aliphatic hydroxyl groups excluding tert-OH is 1. The standard InChI is InChI=1S/C17H13N5O/c1-10(23)17-21-14-9-20-16-13(6-7-19-16)15(14)22(17)12-4-2-11(8-18)3-5-12/h2-7,9-10,23H,1H3,(H,19,20)/t10-/m1/s1. The van der Waals surface area contributed by atoms with Crippen LogP contribution in [0, 0.1) is 11.3 Å². The fourth-order valence-corrected chi connectivity index (χ4v) is 2.81. The number of aliphatic hydroxyl groups is 1. The number of nitriles is 1. The Morgan fingerprint density at radius 2 is 2.04 bits per heavy atom. The first-order valence-corrected chi connectivity index (χ1v) is 7.22. The molecule has 0 saturated carbocycles. The molecule has 0 aliphatic carbocycles. The van der Waals surface area contributed by atoms with E-state index in [1.54, 1.807) is 25.3 Å². The van der Waals surface area contributed by atoms with Crippen LogP contribution in [0.1, 0.15) is 24.4 Å². The highest BCUT2D eigenvalue weighted by Gasteiger charge is 2.19. The predicted molar refractivity (Wildman–Crippen MR) is 86.1 cm³/mol. The molecule has 0 radical (unpaired) electrons. The number of nitrogens with zero attached hydrogens (tertiary/aromatic N) is 4. The van der Waals surface area contributed by atoms with Crippen LogP contribution >= 0.6 is 0 Å². The number of benzene rings is 1. The number of rotatable bonds is 2. The van der Waals surface area contributed by atoms with E-state index >= 15 is 0 Å². The second-order valence-electron chi connectivity index (χ2n) is 5.37. The lowest BCUT2D eigenvalue weighted by atomic mass is 10.2. The Morgan fingerprint density at radius 3 is 2.74 bits per heavy atom. The highest BCUT2D eigenvalue weighted by Crippen LogP contribution is 2.29. The third-order valence-corrected chi connectivity index (χ3v) is 3.85. The monoisotopic (exact) mass is 303 g/mol. The minimum atomic E-state index is -0.730. The molecule has 0 aliphatic heterocycles. The van der Waals surface area contributed by atoms with E-state index in [9.17, 15) is 5.11 Å². The van der Waals surface area contributed by atoms with Gasteiger partial charge in [-0.2, -0.15) is 5.26 Å². The molecule has 0 saturated heterocycles. The molecule has 3 aromatic heterocycles. The Morgan fingerprint density at radius 1 is 1.26 bits per heavy atom. The molecule has 0 unspecified atom stereocenters. The van der Waals surface area contributed by atoms with Crippen molar-refractivity contribution >= 4 is 22.1 Å². The van der Waals surface area contributed by atoms with Gasteiger partial charge in [-0.15, -0.1) is 0 Å². The maximum atomic E-state index is 10.1. The molecule has 2 N–H and O–H groups in total. The zero-order valence-electron chi connectivity index (χ0n) is 12.4. The summed E-state index contributed by atoms with van der Waals surface area (Å²) in [7, 11) is 0. The van der Waals surface area contributed by atoms with Crippen LogP contribution in [0.3, 0.4) is 0 Å². The summed E-state index contributed by atoms with van der Waals surface area (Å²) in [4.78, 5) is 12.0. The van der Waals surface area contributed by atoms with Crippen molar-refractivity contribution in [3.05, 3.63) is 54.1 Å². The van der Waals surface area contributed by atoms with Crippen LogP contribution in [0.2, 0.25) is 0 Å². The molecule has 4 aromatic rings. The van der Waals surface area contributed by atoms with Crippen molar-refractivity contribution in [2.45, 2.75) is 13.0 Å². The van der Waals surface area contributed by atoms with Gasteiger partial charge < -0.3 is 10.1 Å². The Hall–Kier alpha value is -3.17. The first-order valence-electron chi connectivity index (χ1n) is 7.22. The summed E-state index contributed by atoms with van der Waals surface area (Å²) in [6.45, 7) is 1.68. The van der Waals surface area contributed by atoms with Crippen LogP contribution in [-0.2, 0) is 0 Å². The van der Waals surface area contributed by atoms with Gasteiger partial charge >= 0.3 is 0 Å². The zero-order chi connectivity index (χ0) is 16.0. The van der Waals surface area contributed by atoms with Crippen LogP contribution in [0.15, 0.2) is 42.7 Å². The summed E-state index contributed by atoms with van der Waals surface area (Å²) in [5, 5.41) is 20.0. The summed E-state index contributed by atoms with van der Waals surface area (Å²) in [5.74, 6) is 0.542. The van der Waals surface area contributed by atoms with Crippen LogP contribution < -0.4 is 0 Å². The van der Waals surface area contributed by atoms with Crippen LogP contribution in [0.4, 0.5) is 0 Å². The number of hydrogen-bond donors (Lipinski definition) is 2. The van der Waals surface area contributed by atoms with Crippen LogP contribution in [0.25, 0.3) is 27.8 Å². The highest BCUT2D eigenvalue weighted by molar-refractivity contribution is 6.02. The van der Waals surface area contributed by atoms with Gasteiger partial charge in [0.1, 0.15) is 23.1 Å². The Bertz CT molecular complexity index is 1050. The molecule has 0 spiro atoms. The predicted octanol–water partition coefficient (Wildman–Crippen LogP) is 2.83. The van der Waals surface area contributed by atoms with Crippen LogP contribution in [-0.4, -0.2) is 24.6 Å². The van der Waals surface area contributed by atoms with E-state index in [0.717, 1.165) is 27.8 Å². The number of nitrogens with one attached hydrogen (secondary N) is 1.